The minimum absolute atomic E-state index is 0.0387. The zero-order valence-electron chi connectivity index (χ0n) is 19.4. The molecule has 0 aliphatic carbocycles. The zero-order valence-corrected chi connectivity index (χ0v) is 20.2. The van der Waals surface area contributed by atoms with Crippen molar-refractivity contribution in [2.24, 2.45) is 10.6 Å². The van der Waals surface area contributed by atoms with Crippen LogP contribution in [0.15, 0.2) is 47.4 Å². The molecule has 0 amide bonds. The van der Waals surface area contributed by atoms with Gasteiger partial charge in [0.15, 0.2) is 5.75 Å². The summed E-state index contributed by atoms with van der Waals surface area (Å²) in [6.07, 6.45) is 0.659. The van der Waals surface area contributed by atoms with Crippen molar-refractivity contribution >= 4 is 27.6 Å². The standard InChI is InChI=1S/C23H30N2O7S/c1-6-15(2)25-19-18(32-16-10-8-7-9-11-16)13-12-17(20(19)33(24,28)29)21(26)30-14-31-22(27)23(3,4)5/h7-13,15,25H,6,14H2,1-5H3,(H2,24,28,29)/t15-/m0/s1. The number of nitrogens with one attached hydrogen (secondary N) is 1. The van der Waals surface area contributed by atoms with Crippen LogP contribution in [0.4, 0.5) is 5.69 Å². The van der Waals surface area contributed by atoms with E-state index in [1.807, 2.05) is 19.9 Å². The second-order valence-electron chi connectivity index (χ2n) is 8.46. The molecule has 0 saturated heterocycles. The van der Waals surface area contributed by atoms with Gasteiger partial charge in [0, 0.05) is 6.04 Å². The van der Waals surface area contributed by atoms with Gasteiger partial charge in [-0.25, -0.2) is 18.4 Å². The van der Waals surface area contributed by atoms with E-state index in [1.165, 1.54) is 12.1 Å². The molecule has 0 fully saturated rings. The third-order valence-corrected chi connectivity index (χ3v) is 5.58. The van der Waals surface area contributed by atoms with E-state index in [0.29, 0.717) is 12.2 Å². The number of carbonyl (C=O) groups is 2. The molecule has 0 aliphatic heterocycles. The number of esters is 2. The second kappa shape index (κ2) is 10.7. The lowest BCUT2D eigenvalue weighted by atomic mass is 9.98. The molecule has 10 heteroatoms. The summed E-state index contributed by atoms with van der Waals surface area (Å²) in [5.41, 5.74) is -1.06. The number of sulfonamides is 1. The number of hydrogen-bond acceptors (Lipinski definition) is 8. The second-order valence-corrected chi connectivity index (χ2v) is 9.96. The number of anilines is 1. The van der Waals surface area contributed by atoms with Gasteiger partial charge in [-0.05, 0) is 58.4 Å². The molecular formula is C23H30N2O7S. The van der Waals surface area contributed by atoms with E-state index in [0.717, 1.165) is 0 Å². The van der Waals surface area contributed by atoms with Crippen molar-refractivity contribution in [3.63, 3.8) is 0 Å². The maximum absolute atomic E-state index is 12.7. The summed E-state index contributed by atoms with van der Waals surface area (Å²) in [7, 11) is -4.39. The molecule has 9 nitrogen and oxygen atoms in total. The van der Waals surface area contributed by atoms with Gasteiger partial charge in [-0.2, -0.15) is 0 Å². The molecule has 1 atom stereocenters. The van der Waals surface area contributed by atoms with Crippen LogP contribution >= 0.6 is 0 Å². The fourth-order valence-electron chi connectivity index (χ4n) is 2.64. The largest absolute Gasteiger partial charge is 0.455 e. The lowest BCUT2D eigenvalue weighted by Gasteiger charge is -2.21. The Morgan fingerprint density at radius 2 is 1.70 bits per heavy atom. The smallest absolute Gasteiger partial charge is 0.342 e. The summed E-state index contributed by atoms with van der Waals surface area (Å²) in [6.45, 7) is 8.02. The monoisotopic (exact) mass is 478 g/mol. The molecule has 33 heavy (non-hydrogen) atoms. The van der Waals surface area contributed by atoms with Crippen LogP contribution in [0.5, 0.6) is 11.5 Å². The lowest BCUT2D eigenvalue weighted by Crippen LogP contribution is -2.26. The third-order valence-electron chi connectivity index (χ3n) is 4.59. The van der Waals surface area contributed by atoms with Crippen molar-refractivity contribution in [2.75, 3.05) is 12.1 Å². The molecule has 0 saturated carbocycles. The third kappa shape index (κ3) is 7.19. The van der Waals surface area contributed by atoms with Gasteiger partial charge < -0.3 is 19.5 Å². The molecule has 2 rings (SSSR count). The summed E-state index contributed by atoms with van der Waals surface area (Å²) in [5.74, 6) is -0.956. The Balaban J connectivity index is 2.47. The number of ether oxygens (including phenoxy) is 3. The van der Waals surface area contributed by atoms with E-state index in [9.17, 15) is 18.0 Å². The summed E-state index contributed by atoms with van der Waals surface area (Å²) in [5, 5.41) is 8.56. The number of benzene rings is 2. The van der Waals surface area contributed by atoms with Gasteiger partial charge in [0.25, 0.3) is 0 Å². The molecule has 0 unspecified atom stereocenters. The van der Waals surface area contributed by atoms with Crippen LogP contribution in [0, 0.1) is 5.41 Å². The average molecular weight is 479 g/mol. The van der Waals surface area contributed by atoms with E-state index in [-0.39, 0.29) is 23.0 Å². The lowest BCUT2D eigenvalue weighted by molar-refractivity contribution is -0.161. The summed E-state index contributed by atoms with van der Waals surface area (Å²) in [6, 6.07) is 11.3. The average Bonchev–Trinajstić information content (AvgIpc) is 2.73. The molecule has 180 valence electrons. The highest BCUT2D eigenvalue weighted by atomic mass is 32.2. The predicted molar refractivity (Wildman–Crippen MR) is 124 cm³/mol. The van der Waals surface area contributed by atoms with Gasteiger partial charge in [-0.15, -0.1) is 0 Å². The van der Waals surface area contributed by atoms with Gasteiger partial charge in [-0.1, -0.05) is 25.1 Å². The van der Waals surface area contributed by atoms with E-state index in [1.54, 1.807) is 45.0 Å². The highest BCUT2D eigenvalue weighted by molar-refractivity contribution is 7.89. The molecule has 0 heterocycles. The van der Waals surface area contributed by atoms with Crippen molar-refractivity contribution in [1.29, 1.82) is 0 Å². The van der Waals surface area contributed by atoms with Crippen LogP contribution in [0.25, 0.3) is 0 Å². The summed E-state index contributed by atoms with van der Waals surface area (Å²) < 4.78 is 40.9. The Labute approximate surface area is 194 Å². The Kier molecular flexibility index (Phi) is 8.45. The van der Waals surface area contributed by atoms with Gasteiger partial charge in [0.05, 0.1) is 16.7 Å². The number of carbonyl (C=O) groups excluding carboxylic acids is 2. The van der Waals surface area contributed by atoms with Crippen molar-refractivity contribution in [2.45, 2.75) is 52.0 Å². The molecule has 0 bridgehead atoms. The highest BCUT2D eigenvalue weighted by Crippen LogP contribution is 2.38. The van der Waals surface area contributed by atoms with Gasteiger partial charge >= 0.3 is 11.9 Å². The maximum atomic E-state index is 12.7. The Morgan fingerprint density at radius 1 is 1.06 bits per heavy atom. The van der Waals surface area contributed by atoms with E-state index in [4.69, 9.17) is 19.3 Å². The van der Waals surface area contributed by atoms with Crippen molar-refractivity contribution in [1.82, 2.24) is 0 Å². The molecule has 3 N–H and O–H groups in total. The number of nitrogens with two attached hydrogens (primary N) is 1. The van der Waals surface area contributed by atoms with Crippen LogP contribution in [-0.2, 0) is 24.3 Å². The van der Waals surface area contributed by atoms with E-state index >= 15 is 0 Å². The van der Waals surface area contributed by atoms with Crippen LogP contribution in [-0.4, -0.2) is 33.2 Å². The number of primary sulfonamides is 1. The van der Waals surface area contributed by atoms with Crippen molar-refractivity contribution < 1.29 is 32.2 Å². The van der Waals surface area contributed by atoms with Crippen LogP contribution in [0.1, 0.15) is 51.4 Å². The number of para-hydroxylation sites is 1. The molecule has 0 aromatic heterocycles. The quantitative estimate of drug-likeness (QED) is 0.407. The summed E-state index contributed by atoms with van der Waals surface area (Å²) in [4.78, 5) is 24.1. The first-order valence-electron chi connectivity index (χ1n) is 10.4. The van der Waals surface area contributed by atoms with E-state index < -0.39 is 39.1 Å². The van der Waals surface area contributed by atoms with Crippen molar-refractivity contribution in [3.8, 4) is 11.5 Å². The Bertz CT molecular complexity index is 1090. The minimum atomic E-state index is -4.39. The molecular weight excluding hydrogens is 448 g/mol. The Hall–Kier alpha value is -3.11. The first-order chi connectivity index (χ1) is 15.3. The Morgan fingerprint density at radius 3 is 2.24 bits per heavy atom. The molecule has 0 aliphatic rings. The SMILES string of the molecule is CC[C@H](C)Nc1c(Oc2ccccc2)ccc(C(=O)OCOC(=O)C(C)(C)C)c1S(N)(=O)=O. The minimum Gasteiger partial charge on any atom is -0.455 e. The van der Waals surface area contributed by atoms with Crippen LogP contribution in [0.2, 0.25) is 0 Å². The van der Waals surface area contributed by atoms with Crippen LogP contribution < -0.4 is 15.2 Å². The topological polar surface area (TPSA) is 134 Å². The first-order valence-corrected chi connectivity index (χ1v) is 11.9. The zero-order chi connectivity index (χ0) is 24.8. The fraction of sp³-hybridized carbons (Fsp3) is 0.391. The summed E-state index contributed by atoms with van der Waals surface area (Å²) >= 11 is 0. The number of hydrogen-bond donors (Lipinski definition) is 2. The molecule has 0 radical (unpaired) electrons. The van der Waals surface area contributed by atoms with Gasteiger partial charge in [0.2, 0.25) is 16.8 Å². The van der Waals surface area contributed by atoms with Gasteiger partial charge in [0.1, 0.15) is 10.6 Å². The first kappa shape index (κ1) is 26.1. The maximum Gasteiger partial charge on any atom is 0.342 e. The molecule has 0 spiro atoms. The molecule has 2 aromatic carbocycles. The van der Waals surface area contributed by atoms with Gasteiger partial charge in [-0.3, -0.25) is 4.79 Å². The number of rotatable bonds is 9. The normalized spacial score (nSPS) is 12.5. The predicted octanol–water partition coefficient (Wildman–Crippen LogP) is 4.04. The van der Waals surface area contributed by atoms with E-state index in [2.05, 4.69) is 5.32 Å². The highest BCUT2D eigenvalue weighted by Gasteiger charge is 2.29. The van der Waals surface area contributed by atoms with Crippen LogP contribution in [0.3, 0.4) is 0 Å². The molecule has 2 aromatic rings. The fourth-order valence-corrected chi connectivity index (χ4v) is 3.54. The van der Waals surface area contributed by atoms with Crippen molar-refractivity contribution in [3.05, 3.63) is 48.0 Å².